The van der Waals surface area contributed by atoms with Crippen LogP contribution in [0, 0.1) is 6.92 Å². The van der Waals surface area contributed by atoms with Crippen LogP contribution in [0.15, 0.2) is 47.8 Å². The van der Waals surface area contributed by atoms with Gasteiger partial charge in [0, 0.05) is 23.2 Å². The van der Waals surface area contributed by atoms with Crippen LogP contribution in [0.3, 0.4) is 0 Å². The number of carbonyl (C=O) groups is 1. The summed E-state index contributed by atoms with van der Waals surface area (Å²) in [5, 5.41) is 7.59. The number of hydrogen-bond acceptors (Lipinski definition) is 4. The summed E-state index contributed by atoms with van der Waals surface area (Å²) in [5.41, 5.74) is 1.50. The molecule has 3 aromatic rings. The largest absolute Gasteiger partial charge is 0.350 e. The molecule has 24 heavy (non-hydrogen) atoms. The van der Waals surface area contributed by atoms with Crippen molar-refractivity contribution in [3.8, 4) is 0 Å². The van der Waals surface area contributed by atoms with E-state index in [1.54, 1.807) is 23.1 Å². The van der Waals surface area contributed by atoms with Crippen LogP contribution in [0.4, 0.5) is 0 Å². The van der Waals surface area contributed by atoms with Crippen LogP contribution in [-0.2, 0) is 17.9 Å². The predicted octanol–water partition coefficient (Wildman–Crippen LogP) is 1.11. The van der Waals surface area contributed by atoms with Gasteiger partial charge in [0.1, 0.15) is 19.2 Å². The summed E-state index contributed by atoms with van der Waals surface area (Å²) in [5.74, 6) is -0.112. The van der Waals surface area contributed by atoms with Gasteiger partial charge < -0.3 is 9.88 Å². The van der Waals surface area contributed by atoms with E-state index in [9.17, 15) is 9.59 Å². The summed E-state index contributed by atoms with van der Waals surface area (Å²) in [7, 11) is 0. The number of fused-ring (bicyclic) bond motifs is 1. The van der Waals surface area contributed by atoms with Crippen LogP contribution in [0.25, 0.3) is 10.9 Å². The molecule has 3 rings (SSSR count). The Hall–Kier alpha value is -2.96. The second-order valence-corrected chi connectivity index (χ2v) is 5.84. The summed E-state index contributed by atoms with van der Waals surface area (Å²) in [6, 6.07) is 8.81. The molecule has 7 nitrogen and oxygen atoms in total. The fourth-order valence-corrected chi connectivity index (χ4v) is 2.78. The Morgan fingerprint density at radius 3 is 2.88 bits per heavy atom. The molecule has 1 atom stereocenters. The molecule has 0 unspecified atom stereocenters. The maximum absolute atomic E-state index is 12.4. The third kappa shape index (κ3) is 3.34. The molecule has 7 heteroatoms. The molecule has 2 aromatic heterocycles. The van der Waals surface area contributed by atoms with Gasteiger partial charge in [-0.3, -0.25) is 14.3 Å². The molecule has 1 amide bonds. The number of nitrogens with zero attached hydrogens (tertiary/aromatic N) is 4. The van der Waals surface area contributed by atoms with Crippen molar-refractivity contribution < 1.29 is 4.79 Å². The van der Waals surface area contributed by atoms with E-state index in [0.29, 0.717) is 11.9 Å². The summed E-state index contributed by atoms with van der Waals surface area (Å²) in [6.07, 6.45) is 3.08. The lowest BCUT2D eigenvalue weighted by Crippen LogP contribution is -2.38. The lowest BCUT2D eigenvalue weighted by Gasteiger charge is -2.17. The highest BCUT2D eigenvalue weighted by Gasteiger charge is 2.12. The Morgan fingerprint density at radius 2 is 2.12 bits per heavy atom. The van der Waals surface area contributed by atoms with Gasteiger partial charge in [0.25, 0.3) is 0 Å². The molecule has 0 aliphatic carbocycles. The number of benzene rings is 1. The van der Waals surface area contributed by atoms with Gasteiger partial charge in [-0.2, -0.15) is 5.10 Å². The highest BCUT2D eigenvalue weighted by Crippen LogP contribution is 2.12. The molecule has 124 valence electrons. The molecule has 1 aromatic carbocycles. The topological polar surface area (TPSA) is 81.8 Å². The zero-order valence-corrected chi connectivity index (χ0v) is 13.6. The smallest absolute Gasteiger partial charge is 0.240 e. The molecule has 0 radical (unpaired) electrons. The Morgan fingerprint density at radius 1 is 1.33 bits per heavy atom. The van der Waals surface area contributed by atoms with E-state index < -0.39 is 0 Å². The first-order chi connectivity index (χ1) is 11.5. The summed E-state index contributed by atoms with van der Waals surface area (Å²) in [6.45, 7) is 4.46. The van der Waals surface area contributed by atoms with Crippen molar-refractivity contribution in [3.63, 3.8) is 0 Å². The van der Waals surface area contributed by atoms with E-state index in [1.807, 2.05) is 36.6 Å². The SMILES string of the molecule is Cc1cc(=O)c2ccccc2n1CC(=O)N[C@@H](C)Cn1cncn1. The van der Waals surface area contributed by atoms with E-state index in [2.05, 4.69) is 15.4 Å². The fraction of sp³-hybridized carbons (Fsp3) is 0.294. The van der Waals surface area contributed by atoms with Gasteiger partial charge in [-0.1, -0.05) is 12.1 Å². The first-order valence-corrected chi connectivity index (χ1v) is 7.75. The van der Waals surface area contributed by atoms with Crippen molar-refractivity contribution in [2.24, 2.45) is 0 Å². The zero-order chi connectivity index (χ0) is 17.1. The van der Waals surface area contributed by atoms with Gasteiger partial charge in [0.2, 0.25) is 5.91 Å². The van der Waals surface area contributed by atoms with Crippen LogP contribution >= 0.6 is 0 Å². The summed E-state index contributed by atoms with van der Waals surface area (Å²) in [4.78, 5) is 28.3. The Bertz CT molecular complexity index is 914. The average molecular weight is 325 g/mol. The van der Waals surface area contributed by atoms with Crippen molar-refractivity contribution in [3.05, 3.63) is 58.9 Å². The molecule has 0 saturated heterocycles. The van der Waals surface area contributed by atoms with Crippen molar-refractivity contribution in [1.82, 2.24) is 24.6 Å². The molecule has 0 saturated carbocycles. The van der Waals surface area contributed by atoms with Crippen LogP contribution in [0.2, 0.25) is 0 Å². The monoisotopic (exact) mass is 325 g/mol. The summed E-state index contributed by atoms with van der Waals surface area (Å²) >= 11 is 0. The molecule has 0 bridgehead atoms. The number of carbonyl (C=O) groups excluding carboxylic acids is 1. The van der Waals surface area contributed by atoms with Crippen LogP contribution in [-0.4, -0.2) is 31.3 Å². The van der Waals surface area contributed by atoms with Gasteiger partial charge in [0.05, 0.1) is 12.1 Å². The average Bonchev–Trinajstić information content (AvgIpc) is 3.04. The lowest BCUT2D eigenvalue weighted by atomic mass is 10.2. The van der Waals surface area contributed by atoms with Crippen LogP contribution in [0.5, 0.6) is 0 Å². The minimum absolute atomic E-state index is 0.0284. The van der Waals surface area contributed by atoms with E-state index in [0.717, 1.165) is 11.2 Å². The van der Waals surface area contributed by atoms with Crippen molar-refractivity contribution in [2.75, 3.05) is 0 Å². The first kappa shape index (κ1) is 15.9. The second-order valence-electron chi connectivity index (χ2n) is 5.84. The van der Waals surface area contributed by atoms with Crippen molar-refractivity contribution in [1.29, 1.82) is 0 Å². The Kier molecular flexibility index (Phi) is 4.41. The van der Waals surface area contributed by atoms with Gasteiger partial charge >= 0.3 is 0 Å². The number of amides is 1. The van der Waals surface area contributed by atoms with E-state index in [-0.39, 0.29) is 23.9 Å². The van der Waals surface area contributed by atoms with E-state index >= 15 is 0 Å². The number of rotatable bonds is 5. The molecule has 2 heterocycles. The molecular weight excluding hydrogens is 306 g/mol. The Balaban J connectivity index is 1.77. The van der Waals surface area contributed by atoms with E-state index in [1.165, 1.54) is 6.33 Å². The molecular formula is C17H19N5O2. The Labute approximate surface area is 138 Å². The van der Waals surface area contributed by atoms with Crippen LogP contribution in [0.1, 0.15) is 12.6 Å². The zero-order valence-electron chi connectivity index (χ0n) is 13.6. The number of aryl methyl sites for hydroxylation is 1. The normalized spacial score (nSPS) is 12.2. The number of nitrogens with one attached hydrogen (secondary N) is 1. The van der Waals surface area contributed by atoms with Gasteiger partial charge in [-0.15, -0.1) is 0 Å². The highest BCUT2D eigenvalue weighted by molar-refractivity contribution is 5.82. The highest BCUT2D eigenvalue weighted by atomic mass is 16.2. The second kappa shape index (κ2) is 6.66. The molecule has 0 spiro atoms. The number of para-hydroxylation sites is 1. The molecule has 0 aliphatic rings. The van der Waals surface area contributed by atoms with E-state index in [4.69, 9.17) is 0 Å². The third-order valence-corrected chi connectivity index (χ3v) is 3.86. The third-order valence-electron chi connectivity index (χ3n) is 3.86. The number of hydrogen-bond donors (Lipinski definition) is 1. The van der Waals surface area contributed by atoms with Gasteiger partial charge in [0.15, 0.2) is 5.43 Å². The van der Waals surface area contributed by atoms with Crippen molar-refractivity contribution >= 4 is 16.8 Å². The fourth-order valence-electron chi connectivity index (χ4n) is 2.78. The maximum Gasteiger partial charge on any atom is 0.240 e. The molecule has 0 fully saturated rings. The minimum Gasteiger partial charge on any atom is -0.350 e. The van der Waals surface area contributed by atoms with Gasteiger partial charge in [-0.25, -0.2) is 4.98 Å². The molecule has 0 aliphatic heterocycles. The quantitative estimate of drug-likeness (QED) is 0.762. The maximum atomic E-state index is 12.4. The summed E-state index contributed by atoms with van der Waals surface area (Å²) < 4.78 is 3.53. The van der Waals surface area contributed by atoms with Gasteiger partial charge in [-0.05, 0) is 26.0 Å². The standard InChI is InChI=1S/C17H19N5O2/c1-12(8-21-11-18-10-19-21)20-17(24)9-22-13(2)7-16(23)14-5-3-4-6-15(14)22/h3-7,10-12H,8-9H2,1-2H3,(H,20,24)/t12-/m0/s1. The van der Waals surface area contributed by atoms with Crippen molar-refractivity contribution in [2.45, 2.75) is 33.0 Å². The predicted molar refractivity (Wildman–Crippen MR) is 90.6 cm³/mol. The lowest BCUT2D eigenvalue weighted by molar-refractivity contribution is -0.122. The first-order valence-electron chi connectivity index (χ1n) is 7.75. The molecule has 1 N–H and O–H groups in total. The number of aromatic nitrogens is 4. The van der Waals surface area contributed by atoms with Crippen LogP contribution < -0.4 is 10.7 Å². The number of pyridine rings is 1. The minimum atomic E-state index is -0.112.